The van der Waals surface area contributed by atoms with Crippen LogP contribution >= 0.6 is 11.6 Å². The van der Waals surface area contributed by atoms with Gasteiger partial charge in [-0.05, 0) is 24.3 Å². The highest BCUT2D eigenvalue weighted by Gasteiger charge is 2.10. The van der Waals surface area contributed by atoms with E-state index in [4.69, 9.17) is 22.2 Å². The number of halogens is 1. The number of nitrogens with zero attached hydrogens (tertiary/aromatic N) is 1. The SMILES string of the molecule is COc1ccc(Cl)c(NC(=O)c2ccc(NN)cn2)c1. The van der Waals surface area contributed by atoms with Gasteiger partial charge in [0.05, 0.1) is 29.7 Å². The van der Waals surface area contributed by atoms with Crippen molar-refractivity contribution in [3.63, 3.8) is 0 Å². The molecule has 0 aliphatic heterocycles. The summed E-state index contributed by atoms with van der Waals surface area (Å²) in [4.78, 5) is 16.0. The Labute approximate surface area is 120 Å². The van der Waals surface area contributed by atoms with Crippen molar-refractivity contribution in [1.82, 2.24) is 4.98 Å². The number of nitrogens with two attached hydrogens (primary N) is 1. The average molecular weight is 293 g/mol. The number of nitrogens with one attached hydrogen (secondary N) is 2. The summed E-state index contributed by atoms with van der Waals surface area (Å²) in [6, 6.07) is 8.19. The Hall–Kier alpha value is -2.31. The maximum atomic E-state index is 12.0. The third kappa shape index (κ3) is 3.17. The minimum atomic E-state index is -0.372. The van der Waals surface area contributed by atoms with Gasteiger partial charge in [0.25, 0.3) is 5.91 Å². The van der Waals surface area contributed by atoms with Crippen LogP contribution in [0.5, 0.6) is 5.75 Å². The number of hydrazine groups is 1. The first-order chi connectivity index (χ1) is 9.63. The molecule has 2 rings (SSSR count). The number of hydrogen-bond donors (Lipinski definition) is 3. The van der Waals surface area contributed by atoms with Gasteiger partial charge in [0.2, 0.25) is 0 Å². The molecule has 0 atom stereocenters. The summed E-state index contributed by atoms with van der Waals surface area (Å²) in [5.74, 6) is 5.46. The average Bonchev–Trinajstić information content (AvgIpc) is 2.49. The van der Waals surface area contributed by atoms with Crippen molar-refractivity contribution in [3.8, 4) is 5.75 Å². The number of aromatic nitrogens is 1. The van der Waals surface area contributed by atoms with Crippen molar-refractivity contribution in [2.24, 2.45) is 5.84 Å². The Bertz CT molecular complexity index is 616. The number of hydrogen-bond acceptors (Lipinski definition) is 5. The summed E-state index contributed by atoms with van der Waals surface area (Å²) in [6.07, 6.45) is 1.46. The largest absolute Gasteiger partial charge is 0.497 e. The highest BCUT2D eigenvalue weighted by molar-refractivity contribution is 6.34. The second-order valence-electron chi connectivity index (χ2n) is 3.88. The predicted molar refractivity (Wildman–Crippen MR) is 78.0 cm³/mol. The van der Waals surface area contributed by atoms with Crippen LogP contribution in [-0.2, 0) is 0 Å². The number of anilines is 2. The number of methoxy groups -OCH3 is 1. The van der Waals surface area contributed by atoms with E-state index in [9.17, 15) is 4.79 Å². The molecule has 0 bridgehead atoms. The van der Waals surface area contributed by atoms with Gasteiger partial charge in [0.1, 0.15) is 11.4 Å². The Kier molecular flexibility index (Phi) is 4.39. The predicted octanol–water partition coefficient (Wildman–Crippen LogP) is 2.28. The lowest BCUT2D eigenvalue weighted by Gasteiger charge is -2.09. The van der Waals surface area contributed by atoms with Crippen LogP contribution in [0.1, 0.15) is 10.5 Å². The van der Waals surface area contributed by atoms with Crippen molar-refractivity contribution >= 4 is 28.9 Å². The summed E-state index contributed by atoms with van der Waals surface area (Å²) in [6.45, 7) is 0. The number of benzene rings is 1. The van der Waals surface area contributed by atoms with Crippen LogP contribution < -0.4 is 21.3 Å². The fourth-order valence-corrected chi connectivity index (χ4v) is 1.69. The standard InChI is InChI=1S/C13H13ClN4O2/c1-20-9-3-4-10(14)12(6-9)17-13(19)11-5-2-8(18-15)7-16-11/h2-7,18H,15H2,1H3,(H,17,19). The number of nitrogen functional groups attached to an aromatic ring is 1. The molecule has 0 radical (unpaired) electrons. The van der Waals surface area contributed by atoms with Crippen molar-refractivity contribution in [1.29, 1.82) is 0 Å². The molecule has 0 saturated heterocycles. The number of amides is 1. The van der Waals surface area contributed by atoms with Gasteiger partial charge in [-0.15, -0.1) is 0 Å². The molecular weight excluding hydrogens is 280 g/mol. The molecule has 1 aromatic carbocycles. The monoisotopic (exact) mass is 292 g/mol. The zero-order chi connectivity index (χ0) is 14.5. The van der Waals surface area contributed by atoms with E-state index in [0.717, 1.165) is 0 Å². The minimum absolute atomic E-state index is 0.253. The first-order valence-corrected chi connectivity index (χ1v) is 6.09. The molecule has 2 aromatic rings. The second kappa shape index (κ2) is 6.23. The Morgan fingerprint density at radius 3 is 2.75 bits per heavy atom. The smallest absolute Gasteiger partial charge is 0.274 e. The van der Waals surface area contributed by atoms with Crippen LogP contribution in [0.15, 0.2) is 36.5 Å². The quantitative estimate of drug-likeness (QED) is 0.594. The van der Waals surface area contributed by atoms with Gasteiger partial charge in [0.15, 0.2) is 0 Å². The van der Waals surface area contributed by atoms with Crippen LogP contribution in [0.3, 0.4) is 0 Å². The van der Waals surface area contributed by atoms with Crippen LogP contribution in [0.25, 0.3) is 0 Å². The van der Waals surface area contributed by atoms with Crippen molar-refractivity contribution in [3.05, 3.63) is 47.2 Å². The molecule has 104 valence electrons. The fraction of sp³-hybridized carbons (Fsp3) is 0.0769. The van der Waals surface area contributed by atoms with Gasteiger partial charge in [-0.25, -0.2) is 4.98 Å². The van der Waals surface area contributed by atoms with Crippen molar-refractivity contribution in [2.45, 2.75) is 0 Å². The minimum Gasteiger partial charge on any atom is -0.497 e. The molecule has 0 saturated carbocycles. The van der Waals surface area contributed by atoms with Gasteiger partial charge in [-0.1, -0.05) is 11.6 Å². The van der Waals surface area contributed by atoms with E-state index in [1.54, 1.807) is 30.3 Å². The molecule has 1 heterocycles. The fourth-order valence-electron chi connectivity index (χ4n) is 1.53. The molecule has 20 heavy (non-hydrogen) atoms. The molecule has 1 aromatic heterocycles. The van der Waals surface area contributed by atoms with Gasteiger partial charge >= 0.3 is 0 Å². The summed E-state index contributed by atoms with van der Waals surface area (Å²) in [7, 11) is 1.54. The maximum Gasteiger partial charge on any atom is 0.274 e. The molecular formula is C13H13ClN4O2. The first-order valence-electron chi connectivity index (χ1n) is 5.71. The number of pyridine rings is 1. The topological polar surface area (TPSA) is 89.3 Å². The van der Waals surface area contributed by atoms with E-state index in [0.29, 0.717) is 22.1 Å². The molecule has 6 nitrogen and oxygen atoms in total. The van der Waals surface area contributed by atoms with Gasteiger partial charge < -0.3 is 15.5 Å². The zero-order valence-corrected chi connectivity index (χ0v) is 11.4. The van der Waals surface area contributed by atoms with Crippen LogP contribution in [0.4, 0.5) is 11.4 Å². The molecule has 4 N–H and O–H groups in total. The van der Waals surface area contributed by atoms with Crippen LogP contribution in [-0.4, -0.2) is 18.0 Å². The molecule has 0 aliphatic carbocycles. The Morgan fingerprint density at radius 2 is 2.15 bits per heavy atom. The Balaban J connectivity index is 2.18. The number of carbonyl (C=O) groups excluding carboxylic acids is 1. The van der Waals surface area contributed by atoms with Crippen molar-refractivity contribution < 1.29 is 9.53 Å². The third-order valence-electron chi connectivity index (χ3n) is 2.58. The molecule has 0 fully saturated rings. The number of rotatable bonds is 4. The molecule has 0 unspecified atom stereocenters. The van der Waals surface area contributed by atoms with E-state index in [1.807, 2.05) is 0 Å². The number of carbonyl (C=O) groups is 1. The zero-order valence-electron chi connectivity index (χ0n) is 10.7. The number of ether oxygens (including phenoxy) is 1. The lowest BCUT2D eigenvalue weighted by Crippen LogP contribution is -2.14. The summed E-state index contributed by atoms with van der Waals surface area (Å²) >= 11 is 6.02. The van der Waals surface area contributed by atoms with Gasteiger partial charge in [0, 0.05) is 6.07 Å². The van der Waals surface area contributed by atoms with Crippen LogP contribution in [0.2, 0.25) is 5.02 Å². The lowest BCUT2D eigenvalue weighted by atomic mass is 10.2. The van der Waals surface area contributed by atoms with Crippen LogP contribution in [0, 0.1) is 0 Å². The molecule has 0 spiro atoms. The normalized spacial score (nSPS) is 9.95. The summed E-state index contributed by atoms with van der Waals surface area (Å²) in [5.41, 5.74) is 3.76. The highest BCUT2D eigenvalue weighted by Crippen LogP contribution is 2.27. The third-order valence-corrected chi connectivity index (χ3v) is 2.91. The van der Waals surface area contributed by atoms with Gasteiger partial charge in [-0.2, -0.15) is 0 Å². The summed E-state index contributed by atoms with van der Waals surface area (Å²) in [5, 5.41) is 3.09. The van der Waals surface area contributed by atoms with E-state index in [-0.39, 0.29) is 11.6 Å². The maximum absolute atomic E-state index is 12.0. The highest BCUT2D eigenvalue weighted by atomic mass is 35.5. The van der Waals surface area contributed by atoms with E-state index < -0.39 is 0 Å². The Morgan fingerprint density at radius 1 is 1.35 bits per heavy atom. The van der Waals surface area contributed by atoms with E-state index in [1.165, 1.54) is 13.3 Å². The van der Waals surface area contributed by atoms with Gasteiger partial charge in [-0.3, -0.25) is 10.6 Å². The van der Waals surface area contributed by atoms with E-state index >= 15 is 0 Å². The summed E-state index contributed by atoms with van der Waals surface area (Å²) < 4.78 is 5.08. The van der Waals surface area contributed by atoms with Crippen molar-refractivity contribution in [2.75, 3.05) is 17.9 Å². The second-order valence-corrected chi connectivity index (χ2v) is 4.28. The molecule has 1 amide bonds. The molecule has 7 heteroatoms. The first kappa shape index (κ1) is 14.1. The molecule has 0 aliphatic rings. The lowest BCUT2D eigenvalue weighted by molar-refractivity contribution is 0.102. The van der Waals surface area contributed by atoms with E-state index in [2.05, 4.69) is 15.7 Å².